The molecule has 3 nitrogen and oxygen atoms in total. The molecular weight excluding hydrogens is 298 g/mol. The third-order valence-corrected chi connectivity index (χ3v) is 6.29. The van der Waals surface area contributed by atoms with Crippen LogP contribution in [0.5, 0.6) is 0 Å². The molecule has 0 aromatic carbocycles. The van der Waals surface area contributed by atoms with Crippen LogP contribution in [-0.4, -0.2) is 35.1 Å². The first-order valence-electron chi connectivity index (χ1n) is 10.2. The molecule has 2 saturated heterocycles. The largest absolute Gasteiger partial charge is 0.376 e. The third-order valence-electron chi connectivity index (χ3n) is 6.29. The maximum absolute atomic E-state index is 13.7. The van der Waals surface area contributed by atoms with Gasteiger partial charge >= 0.3 is 0 Å². The van der Waals surface area contributed by atoms with Crippen LogP contribution in [0.25, 0.3) is 0 Å². The summed E-state index contributed by atoms with van der Waals surface area (Å²) >= 11 is 0. The number of amides is 1. The summed E-state index contributed by atoms with van der Waals surface area (Å²) in [4.78, 5) is 16.0. The summed E-state index contributed by atoms with van der Waals surface area (Å²) in [6.45, 7) is 15.6. The normalized spacial score (nSPS) is 35.7. The van der Waals surface area contributed by atoms with Crippen molar-refractivity contribution >= 4 is 5.91 Å². The Labute approximate surface area is 149 Å². The van der Waals surface area contributed by atoms with Crippen LogP contribution in [0.4, 0.5) is 0 Å². The van der Waals surface area contributed by atoms with E-state index in [1.165, 1.54) is 12.8 Å². The minimum absolute atomic E-state index is 0.146. The Kier molecular flexibility index (Phi) is 6.75. The monoisotopic (exact) mass is 337 g/mol. The van der Waals surface area contributed by atoms with Gasteiger partial charge in [0.1, 0.15) is 0 Å². The van der Waals surface area contributed by atoms with Crippen molar-refractivity contribution in [2.75, 3.05) is 0 Å². The topological polar surface area (TPSA) is 29.5 Å². The molecule has 0 N–H and O–H groups in total. The summed E-state index contributed by atoms with van der Waals surface area (Å²) in [5, 5.41) is 0. The second-order valence-corrected chi connectivity index (χ2v) is 8.95. The van der Waals surface area contributed by atoms with Gasteiger partial charge in [0.25, 0.3) is 0 Å². The highest BCUT2D eigenvalue weighted by atomic mass is 16.5. The highest BCUT2D eigenvalue weighted by Crippen LogP contribution is 2.39. The van der Waals surface area contributed by atoms with Gasteiger partial charge in [-0.25, -0.2) is 0 Å². The number of hydrogen-bond donors (Lipinski definition) is 0. The van der Waals surface area contributed by atoms with Crippen molar-refractivity contribution in [3.05, 3.63) is 0 Å². The maximum atomic E-state index is 13.7. The third kappa shape index (κ3) is 4.15. The average Bonchev–Trinajstić information content (AvgIpc) is 2.89. The quantitative estimate of drug-likeness (QED) is 0.715. The number of carbonyl (C=O) groups excluding carboxylic acids is 1. The summed E-state index contributed by atoms with van der Waals surface area (Å²) < 4.78 is 5.93. The van der Waals surface area contributed by atoms with Crippen molar-refractivity contribution < 1.29 is 9.53 Å². The zero-order valence-electron chi connectivity index (χ0n) is 16.9. The molecule has 24 heavy (non-hydrogen) atoms. The van der Waals surface area contributed by atoms with E-state index >= 15 is 0 Å². The van der Waals surface area contributed by atoms with E-state index in [2.05, 4.69) is 53.4 Å². The van der Waals surface area contributed by atoms with Crippen LogP contribution in [-0.2, 0) is 9.53 Å². The van der Waals surface area contributed by atoms with Gasteiger partial charge < -0.3 is 9.64 Å². The molecule has 0 spiro atoms. The maximum Gasteiger partial charge on any atom is 0.226 e. The molecule has 2 aliphatic rings. The van der Waals surface area contributed by atoms with Gasteiger partial charge in [-0.3, -0.25) is 4.79 Å². The predicted molar refractivity (Wildman–Crippen MR) is 99.8 cm³/mol. The Morgan fingerprint density at radius 1 is 1.08 bits per heavy atom. The van der Waals surface area contributed by atoms with E-state index in [1.807, 2.05) is 0 Å². The van der Waals surface area contributed by atoms with E-state index in [9.17, 15) is 4.79 Å². The Bertz CT molecular complexity index is 410. The van der Waals surface area contributed by atoms with Crippen LogP contribution in [0.15, 0.2) is 0 Å². The lowest BCUT2D eigenvalue weighted by molar-refractivity contribution is -0.147. The molecule has 0 saturated carbocycles. The van der Waals surface area contributed by atoms with E-state index in [0.717, 1.165) is 19.3 Å². The van der Waals surface area contributed by atoms with Gasteiger partial charge in [0.15, 0.2) is 0 Å². The fraction of sp³-hybridized carbons (Fsp3) is 0.952. The van der Waals surface area contributed by atoms with Crippen LogP contribution in [0.2, 0.25) is 0 Å². The summed E-state index contributed by atoms with van der Waals surface area (Å²) in [5.74, 6) is 1.98. The van der Waals surface area contributed by atoms with Crippen molar-refractivity contribution in [3.8, 4) is 0 Å². The fourth-order valence-electron chi connectivity index (χ4n) is 5.26. The summed E-state index contributed by atoms with van der Waals surface area (Å²) in [5.41, 5.74) is 0. The molecule has 5 atom stereocenters. The van der Waals surface area contributed by atoms with Gasteiger partial charge in [-0.2, -0.15) is 0 Å². The molecule has 2 fully saturated rings. The fourth-order valence-corrected chi connectivity index (χ4v) is 5.26. The van der Waals surface area contributed by atoms with E-state index < -0.39 is 0 Å². The first kappa shape index (κ1) is 19.8. The van der Waals surface area contributed by atoms with Crippen molar-refractivity contribution in [2.45, 2.75) is 105 Å². The Hall–Kier alpha value is -0.570. The van der Waals surface area contributed by atoms with Gasteiger partial charge in [-0.15, -0.1) is 0 Å². The number of carbonyl (C=O) groups is 1. The molecular formula is C21H39NO2. The SMILES string of the molecule is CCC1CC[C@@H](C(C)C)N1C(=O)C(C(C)C)C1CC(C)OC(C)C1. The van der Waals surface area contributed by atoms with Crippen molar-refractivity contribution in [2.24, 2.45) is 23.7 Å². The van der Waals surface area contributed by atoms with Crippen molar-refractivity contribution in [3.63, 3.8) is 0 Å². The number of rotatable bonds is 5. The summed E-state index contributed by atoms with van der Waals surface area (Å²) in [6, 6.07) is 0.874. The van der Waals surface area contributed by atoms with Gasteiger partial charge in [0.05, 0.1) is 12.2 Å². The van der Waals surface area contributed by atoms with E-state index in [1.54, 1.807) is 0 Å². The summed E-state index contributed by atoms with van der Waals surface area (Å²) in [7, 11) is 0. The highest BCUT2D eigenvalue weighted by Gasteiger charge is 2.44. The minimum atomic E-state index is 0.146. The van der Waals surface area contributed by atoms with Crippen LogP contribution in [0.3, 0.4) is 0 Å². The zero-order chi connectivity index (χ0) is 18.0. The molecule has 3 heteroatoms. The first-order valence-corrected chi connectivity index (χ1v) is 10.2. The number of likely N-dealkylation sites (tertiary alicyclic amines) is 1. The second-order valence-electron chi connectivity index (χ2n) is 8.95. The smallest absolute Gasteiger partial charge is 0.226 e. The lowest BCUT2D eigenvalue weighted by atomic mass is 9.75. The molecule has 1 amide bonds. The van der Waals surface area contributed by atoms with Gasteiger partial charge in [0, 0.05) is 18.0 Å². The van der Waals surface area contributed by atoms with E-state index in [0.29, 0.717) is 35.7 Å². The second kappa shape index (κ2) is 8.21. The number of ether oxygens (including phenoxy) is 1. The van der Waals surface area contributed by atoms with Crippen LogP contribution >= 0.6 is 0 Å². The molecule has 4 unspecified atom stereocenters. The average molecular weight is 338 g/mol. The lowest BCUT2D eigenvalue weighted by Gasteiger charge is -2.42. The van der Waals surface area contributed by atoms with Gasteiger partial charge in [-0.05, 0) is 63.7 Å². The molecule has 0 radical (unpaired) electrons. The van der Waals surface area contributed by atoms with E-state index in [4.69, 9.17) is 4.74 Å². The van der Waals surface area contributed by atoms with Gasteiger partial charge in [0.2, 0.25) is 5.91 Å². The Morgan fingerprint density at radius 2 is 1.67 bits per heavy atom. The van der Waals surface area contributed by atoms with E-state index in [-0.39, 0.29) is 18.1 Å². The first-order chi connectivity index (χ1) is 11.3. The van der Waals surface area contributed by atoms with Crippen LogP contribution in [0.1, 0.15) is 80.6 Å². The van der Waals surface area contributed by atoms with Crippen molar-refractivity contribution in [1.29, 1.82) is 0 Å². The van der Waals surface area contributed by atoms with Crippen LogP contribution in [0, 0.1) is 23.7 Å². The molecule has 0 bridgehead atoms. The Balaban J connectivity index is 2.24. The molecule has 0 aromatic rings. The highest BCUT2D eigenvalue weighted by molar-refractivity contribution is 5.80. The molecule has 0 aliphatic carbocycles. The number of nitrogens with zero attached hydrogens (tertiary/aromatic N) is 1. The number of hydrogen-bond acceptors (Lipinski definition) is 2. The standard InChI is InChI=1S/C21H39NO2/c1-8-18-9-10-19(13(2)3)22(18)21(23)20(14(4)5)17-11-15(6)24-16(7)12-17/h13-20H,8-12H2,1-7H3/t15?,16?,17?,18?,19-,20?/m0/s1. The molecule has 2 heterocycles. The predicted octanol–water partition coefficient (Wildman–Crippen LogP) is 4.89. The molecule has 0 aromatic heterocycles. The lowest BCUT2D eigenvalue weighted by Crippen LogP contribution is -2.50. The van der Waals surface area contributed by atoms with Crippen LogP contribution < -0.4 is 0 Å². The van der Waals surface area contributed by atoms with Gasteiger partial charge in [-0.1, -0.05) is 34.6 Å². The summed E-state index contributed by atoms with van der Waals surface area (Å²) in [6.07, 6.45) is 6.03. The molecule has 2 rings (SSSR count). The molecule has 2 aliphatic heterocycles. The Morgan fingerprint density at radius 3 is 2.12 bits per heavy atom. The minimum Gasteiger partial charge on any atom is -0.376 e. The van der Waals surface area contributed by atoms with Crippen molar-refractivity contribution in [1.82, 2.24) is 4.90 Å². The molecule has 140 valence electrons. The zero-order valence-corrected chi connectivity index (χ0v) is 16.9.